The molecule has 0 saturated carbocycles. The third-order valence-electron chi connectivity index (χ3n) is 6.13. The van der Waals surface area contributed by atoms with Gasteiger partial charge in [0.1, 0.15) is 16.5 Å². The predicted molar refractivity (Wildman–Crippen MR) is 122 cm³/mol. The maximum Gasteiger partial charge on any atom is 0.146 e. The highest BCUT2D eigenvalue weighted by molar-refractivity contribution is 7.18. The lowest BCUT2D eigenvalue weighted by Crippen LogP contribution is -2.47. The summed E-state index contributed by atoms with van der Waals surface area (Å²) in [4.78, 5) is 23.9. The van der Waals surface area contributed by atoms with Crippen LogP contribution in [0.3, 0.4) is 0 Å². The standard InChI is InChI=1S/C22H28N6OS/c1-16-17(2)30-22-20(16)21(24-19(25-22)15-26-11-13-29-14-12-26)28-9-7-27(8-10-28)18-3-5-23-6-4-18/h3-6H,7-15H2,1-2H3. The number of pyridine rings is 1. The molecule has 0 radical (unpaired) electrons. The molecular weight excluding hydrogens is 396 g/mol. The molecule has 158 valence electrons. The first-order valence-corrected chi connectivity index (χ1v) is 11.5. The van der Waals surface area contributed by atoms with Crippen LogP contribution in [-0.2, 0) is 11.3 Å². The Labute approximate surface area is 181 Å². The minimum atomic E-state index is 0.791. The number of hydrogen-bond acceptors (Lipinski definition) is 8. The maximum atomic E-state index is 5.49. The molecule has 2 aliphatic heterocycles. The quantitative estimate of drug-likeness (QED) is 0.638. The zero-order chi connectivity index (χ0) is 20.5. The Morgan fingerprint density at radius 2 is 1.63 bits per heavy atom. The van der Waals surface area contributed by atoms with Crippen LogP contribution in [0.25, 0.3) is 10.2 Å². The molecule has 2 aliphatic rings. The number of rotatable bonds is 4. The molecule has 5 heterocycles. The van der Waals surface area contributed by atoms with E-state index in [0.717, 1.165) is 75.5 Å². The van der Waals surface area contributed by atoms with Gasteiger partial charge in [-0.25, -0.2) is 9.97 Å². The van der Waals surface area contributed by atoms with Gasteiger partial charge in [0.05, 0.1) is 25.1 Å². The van der Waals surface area contributed by atoms with Crippen molar-refractivity contribution in [1.29, 1.82) is 0 Å². The summed E-state index contributed by atoms with van der Waals surface area (Å²) in [6.07, 6.45) is 3.73. The highest BCUT2D eigenvalue weighted by Gasteiger charge is 2.24. The number of aryl methyl sites for hydroxylation is 2. The van der Waals surface area contributed by atoms with Crippen LogP contribution in [0, 0.1) is 13.8 Å². The first-order valence-electron chi connectivity index (χ1n) is 10.7. The fraction of sp³-hybridized carbons (Fsp3) is 0.500. The monoisotopic (exact) mass is 424 g/mol. The number of hydrogen-bond donors (Lipinski definition) is 0. The van der Waals surface area contributed by atoms with Crippen molar-refractivity contribution in [3.05, 3.63) is 40.8 Å². The molecule has 30 heavy (non-hydrogen) atoms. The molecule has 0 bridgehead atoms. The SMILES string of the molecule is Cc1sc2nc(CN3CCOCC3)nc(N3CCN(c4ccncc4)CC3)c2c1C. The third kappa shape index (κ3) is 3.87. The Bertz CT molecular complexity index is 1010. The number of piperazine rings is 1. The van der Waals surface area contributed by atoms with Crippen molar-refractivity contribution in [2.75, 3.05) is 62.3 Å². The van der Waals surface area contributed by atoms with E-state index in [2.05, 4.69) is 45.7 Å². The molecular formula is C22H28N6OS. The number of ether oxygens (including phenoxy) is 1. The van der Waals surface area contributed by atoms with Gasteiger partial charge in [0, 0.05) is 62.2 Å². The van der Waals surface area contributed by atoms with Gasteiger partial charge in [-0.15, -0.1) is 11.3 Å². The molecule has 0 spiro atoms. The normalized spacial score (nSPS) is 18.3. The highest BCUT2D eigenvalue weighted by Crippen LogP contribution is 2.35. The molecule has 0 amide bonds. The number of anilines is 2. The molecule has 0 N–H and O–H groups in total. The van der Waals surface area contributed by atoms with Crippen LogP contribution in [0.2, 0.25) is 0 Å². The van der Waals surface area contributed by atoms with Crippen LogP contribution in [0.1, 0.15) is 16.3 Å². The summed E-state index contributed by atoms with van der Waals surface area (Å²) in [5.41, 5.74) is 2.56. The van der Waals surface area contributed by atoms with E-state index in [1.165, 1.54) is 21.5 Å². The van der Waals surface area contributed by atoms with Gasteiger partial charge in [-0.1, -0.05) is 0 Å². The number of nitrogens with zero attached hydrogens (tertiary/aromatic N) is 6. The molecule has 0 atom stereocenters. The number of aromatic nitrogens is 3. The van der Waals surface area contributed by atoms with Gasteiger partial charge in [-0.2, -0.15) is 0 Å². The molecule has 7 nitrogen and oxygen atoms in total. The summed E-state index contributed by atoms with van der Waals surface area (Å²) >= 11 is 1.79. The Morgan fingerprint density at radius 3 is 2.37 bits per heavy atom. The van der Waals surface area contributed by atoms with Gasteiger partial charge in [0.15, 0.2) is 0 Å². The van der Waals surface area contributed by atoms with Gasteiger partial charge >= 0.3 is 0 Å². The number of fused-ring (bicyclic) bond motifs is 1. The van der Waals surface area contributed by atoms with Gasteiger partial charge < -0.3 is 14.5 Å². The van der Waals surface area contributed by atoms with Crippen molar-refractivity contribution < 1.29 is 4.74 Å². The molecule has 3 aromatic rings. The molecule has 0 aliphatic carbocycles. The van der Waals surface area contributed by atoms with Crippen molar-refractivity contribution in [2.45, 2.75) is 20.4 Å². The van der Waals surface area contributed by atoms with E-state index < -0.39 is 0 Å². The average molecular weight is 425 g/mol. The average Bonchev–Trinajstić information content (AvgIpc) is 3.08. The lowest BCUT2D eigenvalue weighted by Gasteiger charge is -2.37. The second-order valence-electron chi connectivity index (χ2n) is 7.99. The van der Waals surface area contributed by atoms with Gasteiger partial charge in [0.25, 0.3) is 0 Å². The summed E-state index contributed by atoms with van der Waals surface area (Å²) in [5, 5.41) is 1.24. The minimum Gasteiger partial charge on any atom is -0.379 e. The number of thiophene rings is 1. The van der Waals surface area contributed by atoms with Crippen LogP contribution < -0.4 is 9.80 Å². The van der Waals surface area contributed by atoms with Crippen LogP contribution in [0.5, 0.6) is 0 Å². The van der Waals surface area contributed by atoms with E-state index in [-0.39, 0.29) is 0 Å². The van der Waals surface area contributed by atoms with Crippen molar-refractivity contribution in [2.24, 2.45) is 0 Å². The topological polar surface area (TPSA) is 57.6 Å². The smallest absolute Gasteiger partial charge is 0.146 e. The van der Waals surface area contributed by atoms with Gasteiger partial charge in [-0.3, -0.25) is 9.88 Å². The molecule has 8 heteroatoms. The van der Waals surface area contributed by atoms with E-state index >= 15 is 0 Å². The van der Waals surface area contributed by atoms with Gasteiger partial charge in [0.2, 0.25) is 0 Å². The lowest BCUT2D eigenvalue weighted by molar-refractivity contribution is 0.0331. The second-order valence-corrected chi connectivity index (χ2v) is 9.20. The summed E-state index contributed by atoms with van der Waals surface area (Å²) in [5.74, 6) is 2.04. The summed E-state index contributed by atoms with van der Waals surface area (Å²) in [7, 11) is 0. The first-order chi connectivity index (χ1) is 14.7. The Morgan fingerprint density at radius 1 is 0.933 bits per heavy atom. The molecule has 5 rings (SSSR count). The summed E-state index contributed by atoms with van der Waals surface area (Å²) < 4.78 is 5.49. The molecule has 3 aromatic heterocycles. The van der Waals surface area contributed by atoms with Crippen molar-refractivity contribution in [1.82, 2.24) is 19.9 Å². The predicted octanol–water partition coefficient (Wildman–Crippen LogP) is 2.86. The van der Waals surface area contributed by atoms with Crippen LogP contribution in [-0.4, -0.2) is 72.3 Å². The zero-order valence-corrected chi connectivity index (χ0v) is 18.5. The Balaban J connectivity index is 1.42. The fourth-order valence-corrected chi connectivity index (χ4v) is 5.30. The third-order valence-corrected chi connectivity index (χ3v) is 7.23. The highest BCUT2D eigenvalue weighted by atomic mass is 32.1. The second kappa shape index (κ2) is 8.45. The van der Waals surface area contributed by atoms with Crippen LogP contribution in [0.15, 0.2) is 24.5 Å². The van der Waals surface area contributed by atoms with Crippen LogP contribution >= 0.6 is 11.3 Å². The Kier molecular flexibility index (Phi) is 5.54. The van der Waals surface area contributed by atoms with Crippen LogP contribution in [0.4, 0.5) is 11.5 Å². The van der Waals surface area contributed by atoms with Crippen molar-refractivity contribution in [3.63, 3.8) is 0 Å². The fourth-order valence-electron chi connectivity index (χ4n) is 4.26. The van der Waals surface area contributed by atoms with Crippen molar-refractivity contribution in [3.8, 4) is 0 Å². The lowest BCUT2D eigenvalue weighted by atomic mass is 10.2. The van der Waals surface area contributed by atoms with E-state index in [0.29, 0.717) is 0 Å². The van der Waals surface area contributed by atoms with E-state index in [1.54, 1.807) is 11.3 Å². The van der Waals surface area contributed by atoms with E-state index in [9.17, 15) is 0 Å². The Hall–Kier alpha value is -2.29. The maximum absolute atomic E-state index is 5.49. The zero-order valence-electron chi connectivity index (χ0n) is 17.7. The minimum absolute atomic E-state index is 0.791. The first kappa shape index (κ1) is 19.7. The number of morpholine rings is 1. The molecule has 2 fully saturated rings. The van der Waals surface area contributed by atoms with Crippen molar-refractivity contribution >= 4 is 33.1 Å². The molecule has 0 aromatic carbocycles. The largest absolute Gasteiger partial charge is 0.379 e. The summed E-state index contributed by atoms with van der Waals surface area (Å²) in [6.45, 7) is 12.6. The van der Waals surface area contributed by atoms with E-state index in [4.69, 9.17) is 14.7 Å². The molecule has 0 unspecified atom stereocenters. The van der Waals surface area contributed by atoms with Gasteiger partial charge in [-0.05, 0) is 31.5 Å². The molecule has 2 saturated heterocycles. The summed E-state index contributed by atoms with van der Waals surface area (Å²) in [6, 6.07) is 4.18. The van der Waals surface area contributed by atoms with E-state index in [1.807, 2.05) is 12.4 Å².